The molecule has 0 aliphatic carbocycles. The number of hydrogen-bond donors (Lipinski definition) is 0. The molecule has 0 saturated heterocycles. The van der Waals surface area contributed by atoms with Crippen molar-refractivity contribution < 1.29 is 51.6 Å². The van der Waals surface area contributed by atoms with Gasteiger partial charge in [0.15, 0.2) is 0 Å². The minimum Gasteiger partial charge on any atom is -0.418 e. The van der Waals surface area contributed by atoms with Crippen molar-refractivity contribution in [2.75, 3.05) is 18.5 Å². The Balaban J connectivity index is 0. The van der Waals surface area contributed by atoms with Gasteiger partial charge in [0.25, 0.3) is 0 Å². The monoisotopic (exact) mass is 1020 g/mol. The van der Waals surface area contributed by atoms with Crippen molar-refractivity contribution >= 4 is 70.1 Å². The second kappa shape index (κ2) is 36.7. The van der Waals surface area contributed by atoms with Crippen LogP contribution in [0.15, 0.2) is 182 Å². The molecule has 6 rings (SSSR count). The van der Waals surface area contributed by atoms with E-state index in [9.17, 15) is 34.5 Å². The standard InChI is InChI=1S/C41H39P3.4C2H3N.2BF4.Fe/c1-41(32-42(35-20-8-2-9-21-35)36-22-10-3-11-23-36,33-43(37-24-12-4-13-25-37)38-26-14-5-15-27-38)34-44(39-28-16-6-17-29-39)40-30-18-7-19-31-40;4*1-2-3;2*2-1(3,4)5;/h2-31H,32-34H2,1H3;4*1H3;;;/q;;;;;2*-1;+2/p+3. The molecule has 4 nitrogen and oxygen atoms in total. The van der Waals surface area contributed by atoms with E-state index in [1.807, 2.05) is 0 Å². The maximum absolute atomic E-state index is 9.75. The summed E-state index contributed by atoms with van der Waals surface area (Å²) in [6.07, 6.45) is 3.61. The molecule has 0 unspecified atom stereocenters. The van der Waals surface area contributed by atoms with Gasteiger partial charge in [0.05, 0.1) is 104 Å². The van der Waals surface area contributed by atoms with Crippen LogP contribution in [-0.2, 0) is 17.1 Å². The third-order valence-corrected chi connectivity index (χ3v) is 18.3. The Morgan fingerprint density at radius 3 is 0.552 bits per heavy atom. The summed E-state index contributed by atoms with van der Waals surface area (Å²) < 4.78 is 78.0. The summed E-state index contributed by atoms with van der Waals surface area (Å²) in [5.74, 6) is 0. The molecule has 0 aliphatic rings. The van der Waals surface area contributed by atoms with Crippen LogP contribution < -0.4 is 31.8 Å². The fourth-order valence-electron chi connectivity index (χ4n) is 6.42. The smallest absolute Gasteiger partial charge is 0.418 e. The van der Waals surface area contributed by atoms with Gasteiger partial charge in [-0.25, -0.2) is 0 Å². The first-order chi connectivity index (χ1) is 31.3. The third-order valence-electron chi connectivity index (χ3n) is 8.54. The van der Waals surface area contributed by atoms with Crippen LogP contribution in [0.25, 0.3) is 0 Å². The Morgan fingerprint density at radius 1 is 0.343 bits per heavy atom. The van der Waals surface area contributed by atoms with E-state index in [2.05, 4.69) is 189 Å². The number of benzene rings is 6. The van der Waals surface area contributed by atoms with Gasteiger partial charge in [0.1, 0.15) is 0 Å². The van der Waals surface area contributed by atoms with Gasteiger partial charge in [0, 0.05) is 27.7 Å². The van der Waals surface area contributed by atoms with Crippen LogP contribution in [0.2, 0.25) is 0 Å². The number of nitrogens with zero attached hydrogens (tertiary/aromatic N) is 4. The largest absolute Gasteiger partial charge is 2.00 e. The predicted molar refractivity (Wildman–Crippen MR) is 270 cm³/mol. The molecule has 67 heavy (non-hydrogen) atoms. The molecule has 6 aromatic carbocycles. The maximum atomic E-state index is 9.75. The predicted octanol–water partition coefficient (Wildman–Crippen LogP) is 12.3. The van der Waals surface area contributed by atoms with Gasteiger partial charge in [-0.15, -0.1) is 0 Å². The minimum absolute atomic E-state index is 0. The first-order valence-corrected chi connectivity index (χ1v) is 25.3. The van der Waals surface area contributed by atoms with Gasteiger partial charge in [-0.05, 0) is 79.7 Å². The number of rotatable bonds is 12. The van der Waals surface area contributed by atoms with Crippen molar-refractivity contribution in [3.63, 3.8) is 0 Å². The zero-order chi connectivity index (χ0) is 49.9. The van der Waals surface area contributed by atoms with Crippen molar-refractivity contribution in [3.8, 4) is 24.3 Å². The van der Waals surface area contributed by atoms with Gasteiger partial charge in [-0.1, -0.05) is 109 Å². The molecule has 0 atom stereocenters. The van der Waals surface area contributed by atoms with Crippen molar-refractivity contribution in [2.24, 2.45) is 5.41 Å². The Morgan fingerprint density at radius 2 is 0.448 bits per heavy atom. The summed E-state index contributed by atoms with van der Waals surface area (Å²) in [5.41, 5.74) is 0.125. The molecule has 352 valence electrons. The molecule has 0 radical (unpaired) electrons. The van der Waals surface area contributed by atoms with Gasteiger partial charge in [-0.2, -0.15) is 21.0 Å². The topological polar surface area (TPSA) is 95.2 Å². The normalized spacial score (nSPS) is 9.97. The van der Waals surface area contributed by atoms with Crippen molar-refractivity contribution in [2.45, 2.75) is 34.6 Å². The van der Waals surface area contributed by atoms with Crippen LogP contribution in [0.3, 0.4) is 0 Å². The van der Waals surface area contributed by atoms with Crippen LogP contribution >= 0.6 is 23.8 Å². The average molecular weight is 1020 g/mol. The second-order valence-corrected chi connectivity index (χ2v) is 21.3. The van der Waals surface area contributed by atoms with Gasteiger partial charge < -0.3 is 34.5 Å². The van der Waals surface area contributed by atoms with Crippen molar-refractivity contribution in [1.82, 2.24) is 0 Å². The molecule has 0 aromatic heterocycles. The van der Waals surface area contributed by atoms with E-state index < -0.39 is 38.3 Å². The molecule has 0 N–H and O–H groups in total. The Kier molecular flexibility index (Phi) is 35.0. The number of hydrogen-bond acceptors (Lipinski definition) is 4. The summed E-state index contributed by atoms with van der Waals surface area (Å²) in [5, 5.41) is 38.3. The van der Waals surface area contributed by atoms with E-state index in [-0.39, 0.29) is 22.5 Å². The molecule has 6 aromatic rings. The number of nitriles is 4. The van der Waals surface area contributed by atoms with Crippen LogP contribution in [0.1, 0.15) is 34.6 Å². The number of halogens is 8. The molecular weight excluding hydrogens is 967 g/mol. The third kappa shape index (κ3) is 31.3. The van der Waals surface area contributed by atoms with E-state index in [1.54, 1.807) is 24.3 Å². The second-order valence-electron chi connectivity index (χ2n) is 13.9. The van der Waals surface area contributed by atoms with E-state index in [0.29, 0.717) is 0 Å². The van der Waals surface area contributed by atoms with Crippen LogP contribution in [-0.4, -0.2) is 33.0 Å². The zero-order valence-electron chi connectivity index (χ0n) is 37.8. The Hall–Kier alpha value is -5.34. The minimum atomic E-state index is -6.00. The molecule has 0 bridgehead atoms. The molecule has 0 aliphatic heterocycles. The van der Waals surface area contributed by atoms with E-state index in [1.165, 1.54) is 78.0 Å². The molecular formula is C49H54B2F8FeN4P3+3. The zero-order valence-corrected chi connectivity index (χ0v) is 41.9. The van der Waals surface area contributed by atoms with E-state index in [4.69, 9.17) is 21.0 Å². The first kappa shape index (κ1) is 63.7. The molecule has 0 fully saturated rings. The SMILES string of the molecule is CC#N.CC#N.CC#N.CC#N.CC(C[PH+](c1ccccc1)c1ccccc1)(C[PH+](c1ccccc1)c1ccccc1)C[PH+](c1ccccc1)c1ccccc1.F[B-](F)(F)F.F[B-](F)(F)F.[Fe+2]. The fraction of sp³-hybridized carbons (Fsp3) is 0.184. The summed E-state index contributed by atoms with van der Waals surface area (Å²) in [7, 11) is -15.1. The molecule has 0 spiro atoms. The van der Waals surface area contributed by atoms with E-state index >= 15 is 0 Å². The summed E-state index contributed by atoms with van der Waals surface area (Å²) in [4.78, 5) is 0. The average Bonchev–Trinajstić information content (AvgIpc) is 3.29. The van der Waals surface area contributed by atoms with Crippen LogP contribution in [0.5, 0.6) is 0 Å². The van der Waals surface area contributed by atoms with E-state index in [0.717, 1.165) is 0 Å². The van der Waals surface area contributed by atoms with Gasteiger partial charge in [0.2, 0.25) is 0 Å². The maximum Gasteiger partial charge on any atom is 2.00 e. The van der Waals surface area contributed by atoms with Crippen molar-refractivity contribution in [3.05, 3.63) is 182 Å². The van der Waals surface area contributed by atoms with Gasteiger partial charge in [-0.3, -0.25) is 0 Å². The molecule has 0 heterocycles. The van der Waals surface area contributed by atoms with Crippen LogP contribution in [0.4, 0.5) is 34.5 Å². The Bertz CT molecular complexity index is 1920. The van der Waals surface area contributed by atoms with Gasteiger partial charge >= 0.3 is 31.6 Å². The Labute approximate surface area is 405 Å². The molecule has 18 heteroatoms. The molecule has 0 saturated carbocycles. The first-order valence-electron chi connectivity index (χ1n) is 20.2. The summed E-state index contributed by atoms with van der Waals surface area (Å²) >= 11 is 0. The molecule has 0 amide bonds. The summed E-state index contributed by atoms with van der Waals surface area (Å²) in [6, 6.07) is 75.2. The van der Waals surface area contributed by atoms with Crippen molar-refractivity contribution in [1.29, 1.82) is 21.0 Å². The van der Waals surface area contributed by atoms with Crippen LogP contribution in [0, 0.1) is 50.7 Å². The fourth-order valence-corrected chi connectivity index (χ4v) is 16.3. The summed E-state index contributed by atoms with van der Waals surface area (Å²) in [6.45, 7) is 8.36. The quantitative estimate of drug-likeness (QED) is 0.0693.